The van der Waals surface area contributed by atoms with Gasteiger partial charge in [-0.1, -0.05) is 29.5 Å². The van der Waals surface area contributed by atoms with Crippen LogP contribution in [0.5, 0.6) is 17.5 Å². The van der Waals surface area contributed by atoms with Gasteiger partial charge < -0.3 is 14.5 Å². The summed E-state index contributed by atoms with van der Waals surface area (Å²) in [5.41, 5.74) is 0. The van der Waals surface area contributed by atoms with Crippen LogP contribution in [0, 0.1) is 0 Å². The monoisotopic (exact) mass is 378 g/mol. The summed E-state index contributed by atoms with van der Waals surface area (Å²) in [6.07, 6.45) is 10.4. The molecule has 3 aliphatic heterocycles. The Kier molecular flexibility index (Phi) is 6.54. The lowest BCUT2D eigenvalue weighted by Gasteiger charge is -2.30. The van der Waals surface area contributed by atoms with Crippen molar-refractivity contribution in [2.45, 2.75) is 57.8 Å². The molecule has 27 heavy (non-hydrogen) atoms. The Balaban J connectivity index is 1.52. The molecule has 150 valence electrons. The van der Waals surface area contributed by atoms with Crippen LogP contribution in [0.1, 0.15) is 57.8 Å². The fraction of sp³-hybridized carbons (Fsp3) is 0.833. The number of nitrogens with zero attached hydrogens (tertiary/aromatic N) is 6. The van der Waals surface area contributed by atoms with Crippen molar-refractivity contribution in [3.05, 3.63) is 0 Å². The molecule has 0 amide bonds. The molecular formula is C18H30N6O3. The van der Waals surface area contributed by atoms with Crippen LogP contribution in [-0.2, 0) is 0 Å². The van der Waals surface area contributed by atoms with Gasteiger partial charge in [-0.2, -0.15) is 0 Å². The average Bonchev–Trinajstić information content (AvgIpc) is 2.73. The van der Waals surface area contributed by atoms with E-state index in [2.05, 4.69) is 15.4 Å². The van der Waals surface area contributed by atoms with Crippen molar-refractivity contribution in [1.29, 1.82) is 0 Å². The van der Waals surface area contributed by atoms with E-state index in [-0.39, 0.29) is 0 Å². The lowest BCUT2D eigenvalue weighted by Crippen LogP contribution is -2.37. The molecule has 4 heterocycles. The summed E-state index contributed by atoms with van der Waals surface area (Å²) in [7, 11) is 0. The largest absolute Gasteiger partial charge is 0.394 e. The molecule has 0 N–H and O–H groups in total. The smallest absolute Gasteiger partial charge is 0.309 e. The molecule has 0 spiro atoms. The first kappa shape index (κ1) is 18.6. The minimum atomic E-state index is 0.337. The predicted molar refractivity (Wildman–Crippen MR) is 98.0 cm³/mol. The van der Waals surface area contributed by atoms with Crippen LogP contribution in [-0.4, -0.2) is 69.9 Å². The summed E-state index contributed by atoms with van der Waals surface area (Å²) in [6.45, 7) is 5.30. The summed E-state index contributed by atoms with van der Waals surface area (Å²) in [5, 5.41) is 17.9. The Hall–Kier alpha value is -1.71. The molecular weight excluding hydrogens is 348 g/mol. The van der Waals surface area contributed by atoms with Gasteiger partial charge in [0.2, 0.25) is 0 Å². The summed E-state index contributed by atoms with van der Waals surface area (Å²) in [4.78, 5) is 18.2. The third-order valence-corrected chi connectivity index (χ3v) is 5.26. The van der Waals surface area contributed by atoms with Crippen LogP contribution < -0.4 is 14.5 Å². The lowest BCUT2D eigenvalue weighted by atomic mass is 10.2. The van der Waals surface area contributed by atoms with Gasteiger partial charge >= 0.3 is 11.8 Å². The van der Waals surface area contributed by atoms with Crippen molar-refractivity contribution in [3.63, 3.8) is 0 Å². The van der Waals surface area contributed by atoms with Gasteiger partial charge in [0, 0.05) is 39.3 Å². The number of aromatic nitrogens is 3. The SMILES string of the molecule is C1CCN(Oc2nnnc(ON3CCCCC3)c2ON2CCCCC2)CC1. The Morgan fingerprint density at radius 1 is 0.481 bits per heavy atom. The average molecular weight is 378 g/mol. The number of piperidine rings is 3. The van der Waals surface area contributed by atoms with Crippen molar-refractivity contribution in [2.24, 2.45) is 0 Å². The van der Waals surface area contributed by atoms with Gasteiger partial charge in [0.05, 0.1) is 0 Å². The fourth-order valence-corrected chi connectivity index (χ4v) is 3.73. The molecule has 0 aliphatic carbocycles. The first-order valence-corrected chi connectivity index (χ1v) is 10.4. The third-order valence-electron chi connectivity index (χ3n) is 5.26. The maximum atomic E-state index is 6.17. The maximum absolute atomic E-state index is 6.17. The van der Waals surface area contributed by atoms with Gasteiger partial charge in [-0.25, -0.2) is 0 Å². The zero-order valence-corrected chi connectivity index (χ0v) is 16.0. The topological polar surface area (TPSA) is 76.1 Å². The van der Waals surface area contributed by atoms with Crippen molar-refractivity contribution in [2.75, 3.05) is 39.3 Å². The van der Waals surface area contributed by atoms with E-state index in [1.807, 2.05) is 15.2 Å². The Morgan fingerprint density at radius 3 is 1.26 bits per heavy atom. The highest BCUT2D eigenvalue weighted by molar-refractivity contribution is 5.40. The van der Waals surface area contributed by atoms with Crippen LogP contribution in [0.25, 0.3) is 0 Å². The molecule has 1 aromatic rings. The first-order chi connectivity index (χ1) is 13.4. The van der Waals surface area contributed by atoms with Gasteiger partial charge in [-0.3, -0.25) is 0 Å². The van der Waals surface area contributed by atoms with Crippen molar-refractivity contribution in [3.8, 4) is 17.5 Å². The van der Waals surface area contributed by atoms with E-state index in [0.717, 1.165) is 77.8 Å². The van der Waals surface area contributed by atoms with Crippen LogP contribution in [0.2, 0.25) is 0 Å². The molecule has 0 unspecified atom stereocenters. The van der Waals surface area contributed by atoms with Crippen LogP contribution in [0.3, 0.4) is 0 Å². The normalized spacial score (nSPS) is 23.1. The molecule has 3 aliphatic rings. The lowest BCUT2D eigenvalue weighted by molar-refractivity contribution is -0.114. The van der Waals surface area contributed by atoms with E-state index in [0.29, 0.717) is 17.5 Å². The van der Waals surface area contributed by atoms with Crippen LogP contribution in [0.15, 0.2) is 0 Å². The van der Waals surface area contributed by atoms with E-state index < -0.39 is 0 Å². The van der Waals surface area contributed by atoms with Gasteiger partial charge in [0.15, 0.2) is 0 Å². The van der Waals surface area contributed by atoms with E-state index >= 15 is 0 Å². The van der Waals surface area contributed by atoms with Crippen LogP contribution >= 0.6 is 0 Å². The van der Waals surface area contributed by atoms with Gasteiger partial charge in [0.1, 0.15) is 0 Å². The molecule has 4 rings (SSSR count). The summed E-state index contributed by atoms with van der Waals surface area (Å²) in [5.74, 6) is 1.11. The minimum absolute atomic E-state index is 0.337. The minimum Gasteiger partial charge on any atom is -0.394 e. The molecule has 9 heteroatoms. The van der Waals surface area contributed by atoms with Crippen molar-refractivity contribution < 1.29 is 14.5 Å². The van der Waals surface area contributed by atoms with Crippen LogP contribution in [0.4, 0.5) is 0 Å². The van der Waals surface area contributed by atoms with Gasteiger partial charge in [-0.15, -0.1) is 15.2 Å². The molecule has 0 radical (unpaired) electrons. The molecule has 9 nitrogen and oxygen atoms in total. The molecule has 0 aromatic carbocycles. The van der Waals surface area contributed by atoms with E-state index in [9.17, 15) is 0 Å². The van der Waals surface area contributed by atoms with Crippen molar-refractivity contribution in [1.82, 2.24) is 30.6 Å². The summed E-state index contributed by atoms with van der Waals surface area (Å²) >= 11 is 0. The molecule has 1 aromatic heterocycles. The summed E-state index contributed by atoms with van der Waals surface area (Å²) < 4.78 is 0. The number of rotatable bonds is 6. The first-order valence-electron chi connectivity index (χ1n) is 10.4. The van der Waals surface area contributed by atoms with Gasteiger partial charge in [0.25, 0.3) is 5.75 Å². The highest BCUT2D eigenvalue weighted by Crippen LogP contribution is 2.35. The highest BCUT2D eigenvalue weighted by Gasteiger charge is 2.27. The third kappa shape index (κ3) is 5.18. The molecule has 3 fully saturated rings. The molecule has 0 bridgehead atoms. The zero-order chi connectivity index (χ0) is 18.3. The quantitative estimate of drug-likeness (QED) is 0.740. The standard InChI is InChI=1S/C18H30N6O3/c1-4-10-22(11-5-1)25-16-17(26-23-12-6-2-7-13-23)19-21-20-18(16)27-24-14-8-3-9-15-24/h1-15H2. The highest BCUT2D eigenvalue weighted by atomic mass is 16.7. The zero-order valence-electron chi connectivity index (χ0n) is 16.0. The molecule has 3 saturated heterocycles. The number of hydrogen-bond donors (Lipinski definition) is 0. The predicted octanol–water partition coefficient (Wildman–Crippen LogP) is 2.21. The number of hydrogen-bond acceptors (Lipinski definition) is 9. The Labute approximate surface area is 160 Å². The van der Waals surface area contributed by atoms with E-state index in [1.54, 1.807) is 0 Å². The summed E-state index contributed by atoms with van der Waals surface area (Å²) in [6, 6.07) is 0. The Bertz CT molecular complexity index is 548. The van der Waals surface area contributed by atoms with E-state index in [4.69, 9.17) is 14.5 Å². The number of hydroxylamine groups is 6. The molecule has 0 saturated carbocycles. The van der Waals surface area contributed by atoms with E-state index in [1.165, 1.54) is 19.3 Å². The van der Waals surface area contributed by atoms with Crippen molar-refractivity contribution >= 4 is 0 Å². The maximum Gasteiger partial charge on any atom is 0.309 e. The van der Waals surface area contributed by atoms with Gasteiger partial charge in [-0.05, 0) is 43.7 Å². The second-order valence-corrected chi connectivity index (χ2v) is 7.47. The second kappa shape index (κ2) is 9.48. The fourth-order valence-electron chi connectivity index (χ4n) is 3.73. The molecule has 0 atom stereocenters. The second-order valence-electron chi connectivity index (χ2n) is 7.47. The Morgan fingerprint density at radius 2 is 0.852 bits per heavy atom.